The first-order valence-electron chi connectivity index (χ1n) is 12.7. The van der Waals surface area contributed by atoms with Crippen LogP contribution in [0.15, 0.2) is 42.5 Å². The van der Waals surface area contributed by atoms with Crippen LogP contribution >= 0.6 is 11.6 Å². The Balaban J connectivity index is 0.00000420. The van der Waals surface area contributed by atoms with Crippen molar-refractivity contribution in [1.82, 2.24) is 15.1 Å². The Hall–Kier alpha value is -2.30. The van der Waals surface area contributed by atoms with Crippen LogP contribution in [0.4, 0.5) is 26.3 Å². The van der Waals surface area contributed by atoms with E-state index in [0.29, 0.717) is 41.9 Å². The number of nitrogens with zero attached hydrogens (tertiary/aromatic N) is 2. The largest absolute Gasteiger partial charge is 0.416 e. The fraction of sp³-hybridized carbons (Fsp3) is 0.536. The van der Waals surface area contributed by atoms with Crippen LogP contribution in [0.25, 0.3) is 0 Å². The normalized spacial score (nSPS) is 18.8. The third-order valence-corrected chi connectivity index (χ3v) is 7.57. The number of amides is 1. The van der Waals surface area contributed by atoms with Gasteiger partial charge in [-0.2, -0.15) is 26.3 Å². The van der Waals surface area contributed by atoms with Crippen LogP contribution < -0.4 is 5.32 Å². The van der Waals surface area contributed by atoms with Crippen molar-refractivity contribution in [3.63, 3.8) is 0 Å². The van der Waals surface area contributed by atoms with Crippen LogP contribution in [0.1, 0.15) is 67.8 Å². The first-order valence-corrected chi connectivity index (χ1v) is 13.1. The molecule has 2 aliphatic rings. The van der Waals surface area contributed by atoms with Gasteiger partial charge < -0.3 is 5.32 Å². The highest BCUT2D eigenvalue weighted by atomic mass is 35.5. The van der Waals surface area contributed by atoms with Crippen molar-refractivity contribution in [2.75, 3.05) is 26.2 Å². The Morgan fingerprint density at radius 3 is 2.03 bits per heavy atom. The van der Waals surface area contributed by atoms with Gasteiger partial charge in [-0.05, 0) is 54.3 Å². The van der Waals surface area contributed by atoms with Gasteiger partial charge in [0.2, 0.25) is 5.91 Å². The molecule has 1 saturated heterocycles. The second kappa shape index (κ2) is 12.9. The molecule has 1 amide bonds. The van der Waals surface area contributed by atoms with Crippen LogP contribution in [0.3, 0.4) is 0 Å². The first kappa shape index (κ1) is 31.2. The minimum absolute atomic E-state index is 0. The number of nitrogens with one attached hydrogen (secondary N) is 1. The third kappa shape index (κ3) is 8.11. The summed E-state index contributed by atoms with van der Waals surface area (Å²) in [5.41, 5.74) is -2.50. The van der Waals surface area contributed by atoms with E-state index in [2.05, 4.69) is 10.2 Å². The quantitative estimate of drug-likeness (QED) is 0.365. The Labute approximate surface area is 230 Å². The fourth-order valence-corrected chi connectivity index (χ4v) is 5.62. The number of piperazine rings is 1. The Kier molecular flexibility index (Phi) is 10.3. The molecule has 0 spiro atoms. The van der Waals surface area contributed by atoms with Gasteiger partial charge in [0.25, 0.3) is 0 Å². The molecule has 2 aromatic rings. The molecule has 11 heteroatoms. The molecule has 216 valence electrons. The van der Waals surface area contributed by atoms with E-state index >= 15 is 0 Å². The predicted molar refractivity (Wildman–Crippen MR) is 139 cm³/mol. The lowest BCUT2D eigenvalue weighted by molar-refractivity contribution is -0.143. The average molecular weight is 578 g/mol. The summed E-state index contributed by atoms with van der Waals surface area (Å²) in [6, 6.07) is 7.87. The lowest BCUT2D eigenvalue weighted by Gasteiger charge is -2.43. The molecule has 1 aliphatic heterocycles. The summed E-state index contributed by atoms with van der Waals surface area (Å²) >= 11 is 6.18. The smallest absolute Gasteiger partial charge is 0.350 e. The average Bonchev–Trinajstić information content (AvgIpc) is 2.87. The van der Waals surface area contributed by atoms with E-state index in [4.69, 9.17) is 11.6 Å². The second-order valence-electron chi connectivity index (χ2n) is 9.95. The molecular weight excluding hydrogens is 544 g/mol. The molecule has 0 aromatic heterocycles. The van der Waals surface area contributed by atoms with Crippen molar-refractivity contribution in [1.29, 1.82) is 0 Å². The molecule has 2 fully saturated rings. The number of rotatable bonds is 6. The van der Waals surface area contributed by atoms with Gasteiger partial charge in [-0.3, -0.25) is 14.6 Å². The molecule has 4 rings (SSSR count). The number of hydrogen-bond donors (Lipinski definition) is 1. The summed E-state index contributed by atoms with van der Waals surface area (Å²) in [4.78, 5) is 17.9. The lowest BCUT2D eigenvalue weighted by Crippen LogP contribution is -2.53. The molecule has 39 heavy (non-hydrogen) atoms. The van der Waals surface area contributed by atoms with Crippen molar-refractivity contribution >= 4 is 17.5 Å². The number of benzene rings is 2. The van der Waals surface area contributed by atoms with E-state index in [9.17, 15) is 31.1 Å². The molecular formula is C28H34ClF6N3O. The molecule has 2 aromatic carbocycles. The standard InChI is InChI=1S/C27H30ClF6N3O.CH4/c28-22-6-4-5-19(15-22)24(37-11-9-36(10-12-37)23-7-2-1-3-8-23)25(38)35-17-18-13-20(26(29,30)31)16-21(14-18)27(32,33)34;/h4-6,13-16,23-24H,1-3,7-12,17H2,(H,35,38);1H4. The molecule has 1 unspecified atom stereocenters. The van der Waals surface area contributed by atoms with Gasteiger partial charge in [0.05, 0.1) is 11.1 Å². The topological polar surface area (TPSA) is 35.6 Å². The second-order valence-corrected chi connectivity index (χ2v) is 10.4. The highest BCUT2D eigenvalue weighted by Gasteiger charge is 2.37. The summed E-state index contributed by atoms with van der Waals surface area (Å²) in [7, 11) is 0. The number of carbonyl (C=O) groups is 1. The maximum absolute atomic E-state index is 13.4. The molecule has 1 saturated carbocycles. The Morgan fingerprint density at radius 2 is 1.49 bits per heavy atom. The van der Waals surface area contributed by atoms with E-state index in [1.54, 1.807) is 24.3 Å². The van der Waals surface area contributed by atoms with Crippen LogP contribution in [-0.4, -0.2) is 47.9 Å². The van der Waals surface area contributed by atoms with Gasteiger partial charge in [-0.15, -0.1) is 0 Å². The molecule has 1 N–H and O–H groups in total. The predicted octanol–water partition coefficient (Wildman–Crippen LogP) is 7.32. The van der Waals surface area contributed by atoms with Crippen molar-refractivity contribution < 1.29 is 31.1 Å². The number of hydrogen-bond acceptors (Lipinski definition) is 3. The fourth-order valence-electron chi connectivity index (χ4n) is 5.42. The van der Waals surface area contributed by atoms with Crippen molar-refractivity contribution in [3.8, 4) is 0 Å². The summed E-state index contributed by atoms with van der Waals surface area (Å²) in [5, 5.41) is 3.00. The number of halogens is 7. The zero-order valence-electron chi connectivity index (χ0n) is 20.7. The van der Waals surface area contributed by atoms with Gasteiger partial charge in [0.15, 0.2) is 0 Å². The van der Waals surface area contributed by atoms with E-state index in [0.717, 1.165) is 25.9 Å². The van der Waals surface area contributed by atoms with Crippen LogP contribution in [0, 0.1) is 0 Å². The van der Waals surface area contributed by atoms with E-state index < -0.39 is 42.0 Å². The molecule has 1 aliphatic carbocycles. The monoisotopic (exact) mass is 577 g/mol. The molecule has 0 radical (unpaired) electrons. The van der Waals surface area contributed by atoms with Gasteiger partial charge >= 0.3 is 12.4 Å². The lowest BCUT2D eigenvalue weighted by atomic mass is 9.93. The van der Waals surface area contributed by atoms with Crippen molar-refractivity contribution in [3.05, 3.63) is 69.7 Å². The maximum Gasteiger partial charge on any atom is 0.416 e. The van der Waals surface area contributed by atoms with Gasteiger partial charge in [-0.25, -0.2) is 0 Å². The summed E-state index contributed by atoms with van der Waals surface area (Å²) in [5.74, 6) is -0.510. The highest BCUT2D eigenvalue weighted by Crippen LogP contribution is 2.36. The molecule has 0 bridgehead atoms. The van der Waals surface area contributed by atoms with Gasteiger partial charge in [-0.1, -0.05) is 50.4 Å². The first-order chi connectivity index (χ1) is 17.9. The summed E-state index contributed by atoms with van der Waals surface area (Å²) < 4.78 is 79.5. The van der Waals surface area contributed by atoms with E-state index in [1.807, 2.05) is 4.90 Å². The van der Waals surface area contributed by atoms with E-state index in [-0.39, 0.29) is 19.1 Å². The minimum Gasteiger partial charge on any atom is -0.350 e. The molecule has 4 nitrogen and oxygen atoms in total. The molecule has 1 atom stereocenters. The Bertz CT molecular complexity index is 1080. The zero-order valence-corrected chi connectivity index (χ0v) is 21.5. The SMILES string of the molecule is C.O=C(NCc1cc(C(F)(F)F)cc(C(F)(F)F)c1)C(c1cccc(Cl)c1)N1CCN(C2CCCCC2)CC1. The summed E-state index contributed by atoms with van der Waals surface area (Å²) in [6.07, 6.45) is -3.91. The Morgan fingerprint density at radius 1 is 0.897 bits per heavy atom. The number of carbonyl (C=O) groups excluding carboxylic acids is 1. The zero-order chi connectivity index (χ0) is 27.5. The van der Waals surface area contributed by atoms with Crippen LogP contribution in [-0.2, 0) is 23.7 Å². The van der Waals surface area contributed by atoms with Crippen molar-refractivity contribution in [2.45, 2.75) is 70.5 Å². The molecule has 1 heterocycles. The van der Waals surface area contributed by atoms with Crippen LogP contribution in [0.2, 0.25) is 5.02 Å². The van der Waals surface area contributed by atoms with E-state index in [1.165, 1.54) is 19.3 Å². The third-order valence-electron chi connectivity index (χ3n) is 7.33. The maximum atomic E-state index is 13.4. The highest BCUT2D eigenvalue weighted by molar-refractivity contribution is 6.30. The van der Waals surface area contributed by atoms with Crippen LogP contribution in [0.5, 0.6) is 0 Å². The van der Waals surface area contributed by atoms with Gasteiger partial charge in [0, 0.05) is 43.8 Å². The van der Waals surface area contributed by atoms with Crippen molar-refractivity contribution in [2.24, 2.45) is 0 Å². The minimum atomic E-state index is -4.96. The van der Waals surface area contributed by atoms with Gasteiger partial charge in [0.1, 0.15) is 6.04 Å². The summed E-state index contributed by atoms with van der Waals surface area (Å²) in [6.45, 7) is 2.27. The number of alkyl halides is 6.